The number of rotatable bonds is 2. The average molecular weight is 358 g/mol. The number of oxazole rings is 1. The number of amides is 1. The van der Waals surface area contributed by atoms with Gasteiger partial charge in [0.25, 0.3) is 5.91 Å². The largest absolute Gasteiger partial charge is 0.436 e. The van der Waals surface area contributed by atoms with Gasteiger partial charge in [-0.25, -0.2) is 9.37 Å². The van der Waals surface area contributed by atoms with Crippen molar-refractivity contribution in [2.24, 2.45) is 0 Å². The van der Waals surface area contributed by atoms with Crippen molar-refractivity contribution in [3.05, 3.63) is 83.2 Å². The number of aryl methyl sites for hydroxylation is 1. The van der Waals surface area contributed by atoms with Gasteiger partial charge in [-0.1, -0.05) is 18.2 Å². The molecule has 4 aromatic rings. The van der Waals surface area contributed by atoms with Gasteiger partial charge in [0.2, 0.25) is 5.89 Å². The molecule has 0 radical (unpaired) electrons. The Morgan fingerprint density at radius 3 is 2.63 bits per heavy atom. The Morgan fingerprint density at radius 2 is 1.85 bits per heavy atom. The summed E-state index contributed by atoms with van der Waals surface area (Å²) in [6.45, 7) is 2.47. The van der Waals surface area contributed by atoms with Crippen molar-refractivity contribution < 1.29 is 13.6 Å². The number of benzene rings is 3. The molecule has 1 amide bonds. The predicted molar refractivity (Wildman–Crippen MR) is 101 cm³/mol. The van der Waals surface area contributed by atoms with E-state index in [2.05, 4.69) is 4.98 Å². The standard InChI is InChI=1S/C22H15FN2O2/c1-13-10-17(25-12-15-4-2-3-5-18(15)22(25)26)11-19-20(13)27-21(24-19)14-6-8-16(23)9-7-14/h2-11H,12H2,1H3. The van der Waals surface area contributed by atoms with Gasteiger partial charge < -0.3 is 9.32 Å². The van der Waals surface area contributed by atoms with Crippen molar-refractivity contribution in [3.8, 4) is 11.5 Å². The molecule has 0 aliphatic carbocycles. The summed E-state index contributed by atoms with van der Waals surface area (Å²) in [5.74, 6) is 0.119. The Morgan fingerprint density at radius 1 is 1.07 bits per heavy atom. The predicted octanol–water partition coefficient (Wildman–Crippen LogP) is 5.10. The molecular formula is C22H15FN2O2. The van der Waals surface area contributed by atoms with Crippen LogP contribution in [0.2, 0.25) is 0 Å². The van der Waals surface area contributed by atoms with Crippen LogP contribution in [-0.4, -0.2) is 10.9 Å². The number of hydrogen-bond acceptors (Lipinski definition) is 3. The third-order valence-corrected chi connectivity index (χ3v) is 4.88. The third-order valence-electron chi connectivity index (χ3n) is 4.88. The van der Waals surface area contributed by atoms with E-state index in [1.807, 2.05) is 43.3 Å². The lowest BCUT2D eigenvalue weighted by molar-refractivity contribution is 0.0996. The minimum absolute atomic E-state index is 0.00778. The van der Waals surface area contributed by atoms with Crippen LogP contribution in [0.25, 0.3) is 22.6 Å². The molecule has 1 aliphatic rings. The number of aromatic nitrogens is 1. The van der Waals surface area contributed by atoms with E-state index in [0.717, 1.165) is 22.4 Å². The molecular weight excluding hydrogens is 343 g/mol. The van der Waals surface area contributed by atoms with Crippen molar-refractivity contribution >= 4 is 22.7 Å². The molecule has 5 rings (SSSR count). The van der Waals surface area contributed by atoms with E-state index in [1.165, 1.54) is 12.1 Å². The van der Waals surface area contributed by atoms with Crippen molar-refractivity contribution in [3.63, 3.8) is 0 Å². The highest BCUT2D eigenvalue weighted by molar-refractivity contribution is 6.10. The SMILES string of the molecule is Cc1cc(N2Cc3ccccc3C2=O)cc2nc(-c3ccc(F)cc3)oc12. The fourth-order valence-corrected chi connectivity index (χ4v) is 3.52. The van der Waals surface area contributed by atoms with Gasteiger partial charge in [-0.05, 0) is 60.5 Å². The molecule has 0 saturated heterocycles. The lowest BCUT2D eigenvalue weighted by atomic mass is 10.1. The number of anilines is 1. The van der Waals surface area contributed by atoms with Gasteiger partial charge >= 0.3 is 0 Å². The summed E-state index contributed by atoms with van der Waals surface area (Å²) in [7, 11) is 0. The molecule has 4 nitrogen and oxygen atoms in total. The minimum Gasteiger partial charge on any atom is -0.436 e. The quantitative estimate of drug-likeness (QED) is 0.501. The zero-order valence-electron chi connectivity index (χ0n) is 14.6. The summed E-state index contributed by atoms with van der Waals surface area (Å²) in [4.78, 5) is 19.1. The van der Waals surface area contributed by atoms with Gasteiger partial charge in [-0.3, -0.25) is 4.79 Å². The summed E-state index contributed by atoms with van der Waals surface area (Å²) in [6.07, 6.45) is 0. The third kappa shape index (κ3) is 2.51. The molecule has 1 aliphatic heterocycles. The molecule has 0 N–H and O–H groups in total. The second-order valence-electron chi connectivity index (χ2n) is 6.69. The van der Waals surface area contributed by atoms with E-state index in [-0.39, 0.29) is 11.7 Å². The van der Waals surface area contributed by atoms with Crippen LogP contribution in [0.5, 0.6) is 0 Å². The zero-order chi connectivity index (χ0) is 18.5. The lowest BCUT2D eigenvalue weighted by Gasteiger charge is -2.16. The fraction of sp³-hybridized carbons (Fsp3) is 0.0909. The lowest BCUT2D eigenvalue weighted by Crippen LogP contribution is -2.23. The maximum absolute atomic E-state index is 13.2. The van der Waals surface area contributed by atoms with Crippen LogP contribution in [0.4, 0.5) is 10.1 Å². The number of carbonyl (C=O) groups is 1. The van der Waals surface area contributed by atoms with E-state index >= 15 is 0 Å². The minimum atomic E-state index is -0.305. The van der Waals surface area contributed by atoms with E-state index in [0.29, 0.717) is 29.1 Å². The number of nitrogens with zero attached hydrogens (tertiary/aromatic N) is 2. The van der Waals surface area contributed by atoms with E-state index in [4.69, 9.17) is 4.42 Å². The van der Waals surface area contributed by atoms with Gasteiger partial charge in [0, 0.05) is 16.8 Å². The topological polar surface area (TPSA) is 46.3 Å². The number of fused-ring (bicyclic) bond motifs is 2. The molecule has 27 heavy (non-hydrogen) atoms. The summed E-state index contributed by atoms with van der Waals surface area (Å²) < 4.78 is 19.1. The molecule has 3 aromatic carbocycles. The van der Waals surface area contributed by atoms with Crippen LogP contribution in [0.1, 0.15) is 21.5 Å². The maximum atomic E-state index is 13.2. The highest BCUT2D eigenvalue weighted by atomic mass is 19.1. The Labute approximate surface area is 154 Å². The number of halogens is 1. The molecule has 1 aromatic heterocycles. The van der Waals surface area contributed by atoms with Gasteiger partial charge in [0.05, 0.1) is 6.54 Å². The summed E-state index contributed by atoms with van der Waals surface area (Å²) in [6, 6.07) is 17.5. The van der Waals surface area contributed by atoms with Crippen LogP contribution in [0, 0.1) is 12.7 Å². The Hall–Kier alpha value is -3.47. The summed E-state index contributed by atoms with van der Waals surface area (Å²) >= 11 is 0. The van der Waals surface area contributed by atoms with Crippen molar-refractivity contribution in [1.82, 2.24) is 4.98 Å². The smallest absolute Gasteiger partial charge is 0.258 e. The van der Waals surface area contributed by atoms with Gasteiger partial charge in [0.15, 0.2) is 5.58 Å². The second-order valence-corrected chi connectivity index (χ2v) is 6.69. The summed E-state index contributed by atoms with van der Waals surface area (Å²) in [5.41, 5.74) is 5.50. The Balaban J connectivity index is 1.58. The van der Waals surface area contributed by atoms with Crippen LogP contribution in [0.15, 0.2) is 65.1 Å². The van der Waals surface area contributed by atoms with Crippen LogP contribution in [0.3, 0.4) is 0 Å². The normalized spacial score (nSPS) is 13.4. The molecule has 0 spiro atoms. The first-order chi connectivity index (χ1) is 13.1. The van der Waals surface area contributed by atoms with Crippen molar-refractivity contribution in [2.45, 2.75) is 13.5 Å². The van der Waals surface area contributed by atoms with Crippen LogP contribution >= 0.6 is 0 Å². The molecule has 5 heteroatoms. The molecule has 0 saturated carbocycles. The zero-order valence-corrected chi connectivity index (χ0v) is 14.6. The Bertz CT molecular complexity index is 1190. The van der Waals surface area contributed by atoms with Gasteiger partial charge in [-0.15, -0.1) is 0 Å². The number of hydrogen-bond donors (Lipinski definition) is 0. The van der Waals surface area contributed by atoms with Gasteiger partial charge in [-0.2, -0.15) is 0 Å². The first-order valence-electron chi connectivity index (χ1n) is 8.67. The molecule has 2 heterocycles. The molecule has 0 fully saturated rings. The fourth-order valence-electron chi connectivity index (χ4n) is 3.52. The second kappa shape index (κ2) is 5.77. The monoisotopic (exact) mass is 358 g/mol. The van der Waals surface area contributed by atoms with Crippen LogP contribution < -0.4 is 4.90 Å². The van der Waals surface area contributed by atoms with E-state index in [9.17, 15) is 9.18 Å². The average Bonchev–Trinajstić information content (AvgIpc) is 3.25. The molecule has 0 atom stereocenters. The van der Waals surface area contributed by atoms with E-state index < -0.39 is 0 Å². The maximum Gasteiger partial charge on any atom is 0.258 e. The van der Waals surface area contributed by atoms with Crippen molar-refractivity contribution in [1.29, 1.82) is 0 Å². The first kappa shape index (κ1) is 15.8. The highest BCUT2D eigenvalue weighted by Gasteiger charge is 2.28. The highest BCUT2D eigenvalue weighted by Crippen LogP contribution is 2.34. The summed E-state index contributed by atoms with van der Waals surface area (Å²) in [5, 5.41) is 0. The molecule has 132 valence electrons. The number of carbonyl (C=O) groups excluding carboxylic acids is 1. The first-order valence-corrected chi connectivity index (χ1v) is 8.67. The van der Waals surface area contributed by atoms with Crippen molar-refractivity contribution in [2.75, 3.05) is 4.90 Å². The van der Waals surface area contributed by atoms with Gasteiger partial charge in [0.1, 0.15) is 11.3 Å². The molecule has 0 unspecified atom stereocenters. The Kier molecular flexibility index (Phi) is 3.37. The molecule has 0 bridgehead atoms. The van der Waals surface area contributed by atoms with Crippen LogP contribution in [-0.2, 0) is 6.54 Å². The van der Waals surface area contributed by atoms with E-state index in [1.54, 1.807) is 17.0 Å².